The van der Waals surface area contributed by atoms with Gasteiger partial charge in [-0.3, -0.25) is 4.79 Å². The fraction of sp³-hybridized carbons (Fsp3) is 0.533. The molecular weight excluding hydrogens is 228 g/mol. The fourth-order valence-electron chi connectivity index (χ4n) is 2.10. The molecule has 0 saturated heterocycles. The molecular formula is C15H22O3. The van der Waals surface area contributed by atoms with Crippen molar-refractivity contribution in [2.45, 2.75) is 44.9 Å². The molecule has 0 radical (unpaired) electrons. The van der Waals surface area contributed by atoms with Crippen molar-refractivity contribution in [3.63, 3.8) is 0 Å². The summed E-state index contributed by atoms with van der Waals surface area (Å²) in [7, 11) is 0. The first-order valence-corrected chi connectivity index (χ1v) is 6.61. The zero-order valence-electron chi connectivity index (χ0n) is 10.9. The van der Waals surface area contributed by atoms with E-state index in [9.17, 15) is 9.90 Å². The molecule has 0 bridgehead atoms. The van der Waals surface area contributed by atoms with E-state index in [1.54, 1.807) is 0 Å². The number of carboxylic acids is 1. The molecule has 0 amide bonds. The summed E-state index contributed by atoms with van der Waals surface area (Å²) in [6.07, 6.45) is 4.12. The molecule has 0 spiro atoms. The van der Waals surface area contributed by atoms with Crippen LogP contribution in [-0.2, 0) is 11.2 Å². The summed E-state index contributed by atoms with van der Waals surface area (Å²) in [5.74, 6) is -1.23. The Morgan fingerprint density at radius 1 is 1.22 bits per heavy atom. The van der Waals surface area contributed by atoms with Crippen molar-refractivity contribution in [3.8, 4) is 0 Å². The summed E-state index contributed by atoms with van der Waals surface area (Å²) in [6, 6.07) is 7.87. The molecule has 18 heavy (non-hydrogen) atoms. The molecule has 0 aliphatic carbocycles. The van der Waals surface area contributed by atoms with E-state index in [4.69, 9.17) is 5.11 Å². The van der Waals surface area contributed by atoms with E-state index in [1.165, 1.54) is 5.56 Å². The SMILES string of the molecule is CCCc1ccc(C(CCCCO)C(=O)O)cc1. The van der Waals surface area contributed by atoms with Gasteiger partial charge in [0.1, 0.15) is 0 Å². The third kappa shape index (κ3) is 4.49. The average molecular weight is 250 g/mol. The second-order valence-electron chi connectivity index (χ2n) is 4.60. The molecule has 0 aliphatic rings. The Morgan fingerprint density at radius 3 is 2.39 bits per heavy atom. The van der Waals surface area contributed by atoms with Crippen LogP contribution in [0.2, 0.25) is 0 Å². The molecule has 0 aromatic heterocycles. The third-order valence-corrected chi connectivity index (χ3v) is 3.12. The molecule has 3 heteroatoms. The van der Waals surface area contributed by atoms with Gasteiger partial charge < -0.3 is 10.2 Å². The van der Waals surface area contributed by atoms with E-state index >= 15 is 0 Å². The van der Waals surface area contributed by atoms with Crippen molar-refractivity contribution < 1.29 is 15.0 Å². The molecule has 1 rings (SSSR count). The van der Waals surface area contributed by atoms with Crippen LogP contribution < -0.4 is 0 Å². The number of hydrogen-bond donors (Lipinski definition) is 2. The molecule has 0 aliphatic heterocycles. The molecule has 0 fully saturated rings. The Kier molecular flexibility index (Phi) is 6.44. The number of aliphatic carboxylic acids is 1. The maximum atomic E-state index is 11.2. The third-order valence-electron chi connectivity index (χ3n) is 3.12. The lowest BCUT2D eigenvalue weighted by Gasteiger charge is -2.13. The lowest BCUT2D eigenvalue weighted by Crippen LogP contribution is -2.12. The highest BCUT2D eigenvalue weighted by Crippen LogP contribution is 2.23. The summed E-state index contributed by atoms with van der Waals surface area (Å²) >= 11 is 0. The molecule has 1 aromatic rings. The second kappa shape index (κ2) is 7.88. The maximum absolute atomic E-state index is 11.2. The Labute approximate surface area is 108 Å². The number of aliphatic hydroxyl groups excluding tert-OH is 1. The summed E-state index contributed by atoms with van der Waals surface area (Å²) in [5.41, 5.74) is 2.11. The van der Waals surface area contributed by atoms with Gasteiger partial charge >= 0.3 is 5.97 Å². The van der Waals surface area contributed by atoms with Crippen LogP contribution in [0.25, 0.3) is 0 Å². The van der Waals surface area contributed by atoms with Crippen molar-refractivity contribution in [2.75, 3.05) is 6.61 Å². The number of benzene rings is 1. The van der Waals surface area contributed by atoms with Gasteiger partial charge in [0.25, 0.3) is 0 Å². The summed E-state index contributed by atoms with van der Waals surface area (Å²) in [4.78, 5) is 11.2. The van der Waals surface area contributed by atoms with Gasteiger partial charge in [-0.1, -0.05) is 37.6 Å². The molecule has 1 atom stereocenters. The number of carbonyl (C=O) groups is 1. The summed E-state index contributed by atoms with van der Waals surface area (Å²) in [5, 5.41) is 18.0. The van der Waals surface area contributed by atoms with E-state index in [0.717, 1.165) is 24.8 Å². The predicted molar refractivity (Wildman–Crippen MR) is 71.8 cm³/mol. The Balaban J connectivity index is 2.69. The zero-order chi connectivity index (χ0) is 13.4. The number of hydrogen-bond acceptors (Lipinski definition) is 2. The zero-order valence-corrected chi connectivity index (χ0v) is 10.9. The topological polar surface area (TPSA) is 57.5 Å². The quantitative estimate of drug-likeness (QED) is 0.697. The Morgan fingerprint density at radius 2 is 1.89 bits per heavy atom. The van der Waals surface area contributed by atoms with E-state index in [0.29, 0.717) is 12.8 Å². The normalized spacial score (nSPS) is 12.3. The van der Waals surface area contributed by atoms with Gasteiger partial charge in [-0.2, -0.15) is 0 Å². The highest BCUT2D eigenvalue weighted by molar-refractivity contribution is 5.76. The van der Waals surface area contributed by atoms with Crippen molar-refractivity contribution >= 4 is 5.97 Å². The molecule has 2 N–H and O–H groups in total. The number of unbranched alkanes of at least 4 members (excludes halogenated alkanes) is 1. The molecule has 0 heterocycles. The van der Waals surface area contributed by atoms with Crippen LogP contribution in [0.5, 0.6) is 0 Å². The number of carboxylic acid groups (broad SMARTS) is 1. The summed E-state index contributed by atoms with van der Waals surface area (Å²) in [6.45, 7) is 2.25. The predicted octanol–water partition coefficient (Wildman–Crippen LogP) is 2.97. The van der Waals surface area contributed by atoms with Crippen LogP contribution in [0.4, 0.5) is 0 Å². The van der Waals surface area contributed by atoms with E-state index < -0.39 is 11.9 Å². The molecule has 100 valence electrons. The van der Waals surface area contributed by atoms with Gasteiger partial charge in [0.05, 0.1) is 5.92 Å². The minimum absolute atomic E-state index is 0.127. The van der Waals surface area contributed by atoms with Crippen LogP contribution in [-0.4, -0.2) is 22.8 Å². The van der Waals surface area contributed by atoms with Crippen molar-refractivity contribution in [1.29, 1.82) is 0 Å². The number of rotatable bonds is 8. The van der Waals surface area contributed by atoms with Crippen LogP contribution in [0.3, 0.4) is 0 Å². The average Bonchev–Trinajstić information content (AvgIpc) is 2.36. The second-order valence-corrected chi connectivity index (χ2v) is 4.60. The van der Waals surface area contributed by atoms with Gasteiger partial charge in [0.15, 0.2) is 0 Å². The first-order chi connectivity index (χ1) is 8.69. The smallest absolute Gasteiger partial charge is 0.310 e. The van der Waals surface area contributed by atoms with E-state index in [-0.39, 0.29) is 6.61 Å². The Hall–Kier alpha value is -1.35. The van der Waals surface area contributed by atoms with Crippen molar-refractivity contribution in [3.05, 3.63) is 35.4 Å². The maximum Gasteiger partial charge on any atom is 0.310 e. The molecule has 1 aromatic carbocycles. The number of aryl methyl sites for hydroxylation is 1. The summed E-state index contributed by atoms with van der Waals surface area (Å²) < 4.78 is 0. The van der Waals surface area contributed by atoms with Gasteiger partial charge in [0.2, 0.25) is 0 Å². The largest absolute Gasteiger partial charge is 0.481 e. The minimum Gasteiger partial charge on any atom is -0.481 e. The van der Waals surface area contributed by atoms with Crippen molar-refractivity contribution in [1.82, 2.24) is 0 Å². The first-order valence-electron chi connectivity index (χ1n) is 6.61. The monoisotopic (exact) mass is 250 g/mol. The lowest BCUT2D eigenvalue weighted by atomic mass is 9.92. The van der Waals surface area contributed by atoms with Gasteiger partial charge in [-0.05, 0) is 36.8 Å². The van der Waals surface area contributed by atoms with E-state index in [2.05, 4.69) is 6.92 Å². The van der Waals surface area contributed by atoms with Crippen molar-refractivity contribution in [2.24, 2.45) is 0 Å². The molecule has 0 saturated carbocycles. The Bertz CT molecular complexity index is 357. The highest BCUT2D eigenvalue weighted by atomic mass is 16.4. The van der Waals surface area contributed by atoms with Gasteiger partial charge in [-0.15, -0.1) is 0 Å². The van der Waals surface area contributed by atoms with Gasteiger partial charge in [-0.25, -0.2) is 0 Å². The number of aliphatic hydroxyl groups is 1. The highest BCUT2D eigenvalue weighted by Gasteiger charge is 2.18. The van der Waals surface area contributed by atoms with Gasteiger partial charge in [0, 0.05) is 6.61 Å². The molecule has 1 unspecified atom stereocenters. The van der Waals surface area contributed by atoms with Crippen LogP contribution >= 0.6 is 0 Å². The van der Waals surface area contributed by atoms with Crippen LogP contribution in [0, 0.1) is 0 Å². The molecule has 3 nitrogen and oxygen atoms in total. The first kappa shape index (κ1) is 14.7. The fourth-order valence-corrected chi connectivity index (χ4v) is 2.10. The minimum atomic E-state index is -0.781. The van der Waals surface area contributed by atoms with Crippen LogP contribution in [0.1, 0.15) is 49.7 Å². The standard InChI is InChI=1S/C15H22O3/c1-2-5-12-7-9-13(10-8-12)14(15(17)18)6-3-4-11-16/h7-10,14,16H,2-6,11H2,1H3,(H,17,18). The van der Waals surface area contributed by atoms with E-state index in [1.807, 2.05) is 24.3 Å². The van der Waals surface area contributed by atoms with Crippen LogP contribution in [0.15, 0.2) is 24.3 Å². The lowest BCUT2D eigenvalue weighted by molar-refractivity contribution is -0.139.